The molecule has 0 spiro atoms. The van der Waals surface area contributed by atoms with Crippen LogP contribution in [-0.2, 0) is 16.0 Å². The van der Waals surface area contributed by atoms with Gasteiger partial charge in [0.25, 0.3) is 5.91 Å². The van der Waals surface area contributed by atoms with E-state index < -0.39 is 24.0 Å². The molecule has 0 unspecified atom stereocenters. The van der Waals surface area contributed by atoms with E-state index in [0.29, 0.717) is 12.2 Å². The molecule has 0 heterocycles. The van der Waals surface area contributed by atoms with Gasteiger partial charge in [0.05, 0.1) is 0 Å². The number of para-hydroxylation sites is 1. The maximum absolute atomic E-state index is 11.9. The molecule has 0 aliphatic rings. The van der Waals surface area contributed by atoms with Gasteiger partial charge in [0, 0.05) is 0 Å². The minimum Gasteiger partial charge on any atom is -0.480 e. The number of carbonyl (C=O) groups is 2. The molecule has 108 valence electrons. The predicted molar refractivity (Wildman–Crippen MR) is 75.7 cm³/mol. The van der Waals surface area contributed by atoms with Crippen molar-refractivity contribution in [3.05, 3.63) is 42.5 Å². The van der Waals surface area contributed by atoms with Gasteiger partial charge in [-0.15, -0.1) is 6.58 Å². The summed E-state index contributed by atoms with van der Waals surface area (Å²) in [6.45, 7) is 6.43. The third-order valence-electron chi connectivity index (χ3n) is 2.65. The third kappa shape index (κ3) is 4.42. The zero-order valence-electron chi connectivity index (χ0n) is 11.7. The fourth-order valence-electron chi connectivity index (χ4n) is 1.62. The number of carboxylic acids is 1. The molecule has 2 N–H and O–H groups in total. The van der Waals surface area contributed by atoms with Crippen molar-refractivity contribution in [3.63, 3.8) is 0 Å². The monoisotopic (exact) mass is 277 g/mol. The normalized spacial score (nSPS) is 10.7. The maximum Gasteiger partial charge on any atom is 0.322 e. The average Bonchev–Trinajstić information content (AvgIpc) is 2.38. The second kappa shape index (κ2) is 6.75. The number of carboxylic acid groups (broad SMARTS) is 1. The van der Waals surface area contributed by atoms with Gasteiger partial charge >= 0.3 is 5.97 Å². The summed E-state index contributed by atoms with van der Waals surface area (Å²) < 4.78 is 5.73. The topological polar surface area (TPSA) is 75.6 Å². The van der Waals surface area contributed by atoms with Crippen LogP contribution in [0.4, 0.5) is 0 Å². The van der Waals surface area contributed by atoms with E-state index >= 15 is 0 Å². The highest BCUT2D eigenvalue weighted by molar-refractivity contribution is 5.87. The minimum absolute atomic E-state index is 0.431. The van der Waals surface area contributed by atoms with E-state index in [9.17, 15) is 9.59 Å². The lowest BCUT2D eigenvalue weighted by atomic mass is 10.1. The average molecular weight is 277 g/mol. The SMILES string of the molecule is C=CCc1ccccc1OC(C)(C)C(=O)NCC(=O)O. The molecule has 1 aromatic carbocycles. The van der Waals surface area contributed by atoms with Crippen LogP contribution in [0.3, 0.4) is 0 Å². The van der Waals surface area contributed by atoms with Crippen molar-refractivity contribution in [2.75, 3.05) is 6.54 Å². The molecule has 1 rings (SSSR count). The highest BCUT2D eigenvalue weighted by Crippen LogP contribution is 2.24. The fraction of sp³-hybridized carbons (Fsp3) is 0.333. The second-order valence-electron chi connectivity index (χ2n) is 4.79. The van der Waals surface area contributed by atoms with Crippen LogP contribution in [-0.4, -0.2) is 29.1 Å². The molecule has 0 aliphatic carbocycles. The number of ether oxygens (including phenoxy) is 1. The molecule has 0 radical (unpaired) electrons. The van der Waals surface area contributed by atoms with Gasteiger partial charge in [0.2, 0.25) is 0 Å². The van der Waals surface area contributed by atoms with E-state index in [0.717, 1.165) is 5.56 Å². The maximum atomic E-state index is 11.9. The molecule has 0 aromatic heterocycles. The van der Waals surface area contributed by atoms with E-state index in [2.05, 4.69) is 11.9 Å². The molecule has 0 atom stereocenters. The summed E-state index contributed by atoms with van der Waals surface area (Å²) in [4.78, 5) is 22.4. The van der Waals surface area contributed by atoms with Crippen LogP contribution < -0.4 is 10.1 Å². The van der Waals surface area contributed by atoms with Crippen molar-refractivity contribution in [1.82, 2.24) is 5.32 Å². The zero-order valence-corrected chi connectivity index (χ0v) is 11.7. The second-order valence-corrected chi connectivity index (χ2v) is 4.79. The van der Waals surface area contributed by atoms with Gasteiger partial charge in [-0.25, -0.2) is 0 Å². The van der Waals surface area contributed by atoms with Crippen LogP contribution in [0.5, 0.6) is 5.75 Å². The zero-order chi connectivity index (χ0) is 15.2. The lowest BCUT2D eigenvalue weighted by Crippen LogP contribution is -2.48. The standard InChI is InChI=1S/C15H19NO4/c1-4-7-11-8-5-6-9-12(11)20-15(2,3)14(19)16-10-13(17)18/h4-6,8-9H,1,7,10H2,2-3H3,(H,16,19)(H,17,18). The number of carbonyl (C=O) groups excluding carboxylic acids is 1. The number of hydrogen-bond acceptors (Lipinski definition) is 3. The summed E-state index contributed by atoms with van der Waals surface area (Å²) in [7, 11) is 0. The summed E-state index contributed by atoms with van der Waals surface area (Å²) in [6, 6.07) is 7.35. The first-order chi connectivity index (χ1) is 9.36. The third-order valence-corrected chi connectivity index (χ3v) is 2.65. The molecule has 1 amide bonds. The Morgan fingerprint density at radius 1 is 1.40 bits per heavy atom. The lowest BCUT2D eigenvalue weighted by molar-refractivity contribution is -0.141. The summed E-state index contributed by atoms with van der Waals surface area (Å²) in [5, 5.41) is 10.9. The first kappa shape index (κ1) is 15.8. The van der Waals surface area contributed by atoms with Gasteiger partial charge < -0.3 is 15.2 Å². The minimum atomic E-state index is -1.16. The number of allylic oxidation sites excluding steroid dienone is 1. The number of aliphatic carboxylic acids is 1. The largest absolute Gasteiger partial charge is 0.480 e. The van der Waals surface area contributed by atoms with Crippen LogP contribution in [0, 0.1) is 0 Å². The van der Waals surface area contributed by atoms with Crippen LogP contribution in [0.1, 0.15) is 19.4 Å². The van der Waals surface area contributed by atoms with Crippen molar-refractivity contribution < 1.29 is 19.4 Å². The van der Waals surface area contributed by atoms with Crippen molar-refractivity contribution in [2.45, 2.75) is 25.9 Å². The van der Waals surface area contributed by atoms with Gasteiger partial charge in [0.1, 0.15) is 12.3 Å². The number of nitrogens with one attached hydrogen (secondary N) is 1. The quantitative estimate of drug-likeness (QED) is 0.745. The van der Waals surface area contributed by atoms with E-state index in [1.165, 1.54) is 0 Å². The lowest BCUT2D eigenvalue weighted by Gasteiger charge is -2.26. The number of hydrogen-bond donors (Lipinski definition) is 2. The van der Waals surface area contributed by atoms with E-state index in [4.69, 9.17) is 9.84 Å². The summed E-state index contributed by atoms with van der Waals surface area (Å²) in [5.41, 5.74) is -0.242. The Labute approximate surface area is 118 Å². The van der Waals surface area contributed by atoms with Crippen LogP contribution in [0.2, 0.25) is 0 Å². The summed E-state index contributed by atoms with van der Waals surface area (Å²) in [5.74, 6) is -0.989. The van der Waals surface area contributed by atoms with Gasteiger partial charge in [-0.1, -0.05) is 24.3 Å². The Kier molecular flexibility index (Phi) is 5.32. The summed E-state index contributed by atoms with van der Waals surface area (Å²) in [6.07, 6.45) is 2.38. The van der Waals surface area contributed by atoms with Crippen LogP contribution in [0.25, 0.3) is 0 Å². The molecule has 5 heteroatoms. The number of rotatable bonds is 7. The smallest absolute Gasteiger partial charge is 0.322 e. The van der Waals surface area contributed by atoms with Gasteiger partial charge in [0.15, 0.2) is 5.60 Å². The Morgan fingerprint density at radius 2 is 2.05 bits per heavy atom. The molecule has 1 aromatic rings. The molecule has 0 saturated heterocycles. The van der Waals surface area contributed by atoms with Crippen molar-refractivity contribution in [1.29, 1.82) is 0 Å². The molecule has 0 aliphatic heterocycles. The van der Waals surface area contributed by atoms with E-state index in [1.54, 1.807) is 26.0 Å². The highest BCUT2D eigenvalue weighted by Gasteiger charge is 2.30. The molecule has 0 saturated carbocycles. The Morgan fingerprint density at radius 3 is 2.65 bits per heavy atom. The Balaban J connectivity index is 2.82. The van der Waals surface area contributed by atoms with Crippen LogP contribution in [0.15, 0.2) is 36.9 Å². The molecule has 0 bridgehead atoms. The molecule has 0 fully saturated rings. The van der Waals surface area contributed by atoms with Gasteiger partial charge in [-0.05, 0) is 31.9 Å². The van der Waals surface area contributed by atoms with Crippen molar-refractivity contribution >= 4 is 11.9 Å². The first-order valence-electron chi connectivity index (χ1n) is 6.24. The predicted octanol–water partition coefficient (Wildman–Crippen LogP) is 1.77. The summed E-state index contributed by atoms with van der Waals surface area (Å²) >= 11 is 0. The first-order valence-corrected chi connectivity index (χ1v) is 6.24. The fourth-order valence-corrected chi connectivity index (χ4v) is 1.62. The van der Waals surface area contributed by atoms with Crippen molar-refractivity contribution in [3.8, 4) is 5.75 Å². The Hall–Kier alpha value is -2.30. The number of amides is 1. The number of benzene rings is 1. The van der Waals surface area contributed by atoms with E-state index in [-0.39, 0.29) is 0 Å². The van der Waals surface area contributed by atoms with Crippen molar-refractivity contribution in [2.24, 2.45) is 0 Å². The Bertz CT molecular complexity index is 508. The molecule has 5 nitrogen and oxygen atoms in total. The van der Waals surface area contributed by atoms with Gasteiger partial charge in [-0.2, -0.15) is 0 Å². The highest BCUT2D eigenvalue weighted by atomic mass is 16.5. The molecular formula is C15H19NO4. The molecule has 20 heavy (non-hydrogen) atoms. The van der Waals surface area contributed by atoms with E-state index in [1.807, 2.05) is 18.2 Å². The van der Waals surface area contributed by atoms with Gasteiger partial charge in [-0.3, -0.25) is 9.59 Å². The van der Waals surface area contributed by atoms with Crippen LogP contribution >= 0.6 is 0 Å². The molecular weight excluding hydrogens is 258 g/mol.